The molecule has 0 heterocycles. The molecule has 4 heteroatoms. The molecular weight excluding hydrogens is 300 g/mol. The number of hydrogen-bond acceptors (Lipinski definition) is 3. The third kappa shape index (κ3) is 4.30. The highest BCUT2D eigenvalue weighted by molar-refractivity contribution is 5.95. The lowest BCUT2D eigenvalue weighted by molar-refractivity contribution is 0.0955. The summed E-state index contributed by atoms with van der Waals surface area (Å²) in [7, 11) is 0. The van der Waals surface area contributed by atoms with E-state index in [9.17, 15) is 4.79 Å². The zero-order valence-corrected chi connectivity index (χ0v) is 12.9. The number of carbonyl (C=O) groups is 1. The molecule has 0 spiro atoms. The molecule has 0 aliphatic heterocycles. The first-order valence-electron chi connectivity index (χ1n) is 7.53. The summed E-state index contributed by atoms with van der Waals surface area (Å²) in [6.07, 6.45) is 1.60. The van der Waals surface area contributed by atoms with E-state index in [1.807, 2.05) is 60.7 Å². The first kappa shape index (κ1) is 15.5. The van der Waals surface area contributed by atoms with Gasteiger partial charge in [0.2, 0.25) is 0 Å². The van der Waals surface area contributed by atoms with Crippen LogP contribution in [0.1, 0.15) is 15.9 Å². The van der Waals surface area contributed by atoms with Crippen molar-refractivity contribution in [2.75, 3.05) is 0 Å². The zero-order valence-electron chi connectivity index (χ0n) is 12.9. The Morgan fingerprint density at radius 3 is 2.04 bits per heavy atom. The number of para-hydroxylation sites is 1. The van der Waals surface area contributed by atoms with Crippen LogP contribution < -0.4 is 10.2 Å². The monoisotopic (exact) mass is 316 g/mol. The molecule has 3 rings (SSSR count). The third-order valence-electron chi connectivity index (χ3n) is 3.27. The van der Waals surface area contributed by atoms with Crippen LogP contribution in [0.4, 0.5) is 0 Å². The number of rotatable bonds is 5. The molecule has 4 nitrogen and oxygen atoms in total. The van der Waals surface area contributed by atoms with Crippen LogP contribution in [0.2, 0.25) is 0 Å². The first-order chi connectivity index (χ1) is 11.8. The lowest BCUT2D eigenvalue weighted by Crippen LogP contribution is -2.17. The van der Waals surface area contributed by atoms with Crippen LogP contribution in [-0.4, -0.2) is 12.1 Å². The van der Waals surface area contributed by atoms with Crippen LogP contribution in [0.5, 0.6) is 11.5 Å². The lowest BCUT2D eigenvalue weighted by Gasteiger charge is -2.06. The van der Waals surface area contributed by atoms with Crippen molar-refractivity contribution in [1.29, 1.82) is 0 Å². The highest BCUT2D eigenvalue weighted by Crippen LogP contribution is 2.21. The van der Waals surface area contributed by atoms with Crippen LogP contribution in [0.25, 0.3) is 0 Å². The lowest BCUT2D eigenvalue weighted by atomic mass is 10.2. The molecule has 3 aromatic carbocycles. The van der Waals surface area contributed by atoms with E-state index in [0.29, 0.717) is 11.3 Å². The molecule has 0 radical (unpaired) electrons. The van der Waals surface area contributed by atoms with E-state index in [0.717, 1.165) is 11.3 Å². The van der Waals surface area contributed by atoms with Gasteiger partial charge in [-0.2, -0.15) is 5.10 Å². The third-order valence-corrected chi connectivity index (χ3v) is 3.27. The molecule has 0 saturated carbocycles. The molecule has 0 bridgehead atoms. The largest absolute Gasteiger partial charge is 0.457 e. The SMILES string of the molecule is O=C(N/N=C/c1ccccc1)c1ccc(Oc2ccccc2)cc1. The highest BCUT2D eigenvalue weighted by atomic mass is 16.5. The minimum Gasteiger partial charge on any atom is -0.457 e. The van der Waals surface area contributed by atoms with E-state index in [4.69, 9.17) is 4.74 Å². The Hall–Kier alpha value is -3.40. The van der Waals surface area contributed by atoms with Gasteiger partial charge in [-0.25, -0.2) is 5.43 Å². The second kappa shape index (κ2) is 7.74. The summed E-state index contributed by atoms with van der Waals surface area (Å²) in [5.74, 6) is 1.15. The van der Waals surface area contributed by atoms with Crippen molar-refractivity contribution in [3.63, 3.8) is 0 Å². The second-order valence-corrected chi connectivity index (χ2v) is 5.05. The van der Waals surface area contributed by atoms with Crippen molar-refractivity contribution in [3.8, 4) is 11.5 Å². The molecule has 0 saturated heterocycles. The summed E-state index contributed by atoms with van der Waals surface area (Å²) in [5.41, 5.74) is 3.94. The fourth-order valence-electron chi connectivity index (χ4n) is 2.07. The predicted molar refractivity (Wildman–Crippen MR) is 94.5 cm³/mol. The number of nitrogens with one attached hydrogen (secondary N) is 1. The van der Waals surface area contributed by atoms with Crippen LogP contribution in [0.3, 0.4) is 0 Å². The second-order valence-electron chi connectivity index (χ2n) is 5.05. The van der Waals surface area contributed by atoms with Crippen molar-refractivity contribution in [2.24, 2.45) is 5.10 Å². The summed E-state index contributed by atoms with van der Waals surface area (Å²) >= 11 is 0. The molecule has 0 atom stereocenters. The van der Waals surface area contributed by atoms with Gasteiger partial charge in [-0.15, -0.1) is 0 Å². The smallest absolute Gasteiger partial charge is 0.271 e. The van der Waals surface area contributed by atoms with E-state index in [-0.39, 0.29) is 5.91 Å². The maximum Gasteiger partial charge on any atom is 0.271 e. The fraction of sp³-hybridized carbons (Fsp3) is 0. The number of nitrogens with zero attached hydrogens (tertiary/aromatic N) is 1. The molecule has 118 valence electrons. The number of amides is 1. The highest BCUT2D eigenvalue weighted by Gasteiger charge is 2.04. The molecule has 0 unspecified atom stereocenters. The average molecular weight is 316 g/mol. The number of carbonyl (C=O) groups excluding carboxylic acids is 1. The Balaban J connectivity index is 1.58. The van der Waals surface area contributed by atoms with Gasteiger partial charge in [0, 0.05) is 5.56 Å². The Morgan fingerprint density at radius 2 is 1.38 bits per heavy atom. The Kier molecular flexibility index (Phi) is 5.00. The zero-order chi connectivity index (χ0) is 16.6. The molecule has 0 fully saturated rings. The van der Waals surface area contributed by atoms with Gasteiger partial charge in [0.25, 0.3) is 5.91 Å². The number of benzene rings is 3. The number of ether oxygens (including phenoxy) is 1. The van der Waals surface area contributed by atoms with Crippen molar-refractivity contribution in [2.45, 2.75) is 0 Å². The minimum atomic E-state index is -0.270. The standard InChI is InChI=1S/C20H16N2O2/c23-20(22-21-15-16-7-3-1-4-8-16)17-11-13-19(14-12-17)24-18-9-5-2-6-10-18/h1-15H,(H,22,23)/b21-15+. The fourth-order valence-corrected chi connectivity index (χ4v) is 2.07. The van der Waals surface area contributed by atoms with Gasteiger partial charge in [0.1, 0.15) is 11.5 Å². The van der Waals surface area contributed by atoms with Crippen LogP contribution >= 0.6 is 0 Å². The van der Waals surface area contributed by atoms with Gasteiger partial charge in [-0.3, -0.25) is 4.79 Å². The first-order valence-corrected chi connectivity index (χ1v) is 7.53. The topological polar surface area (TPSA) is 50.7 Å². The van der Waals surface area contributed by atoms with Crippen molar-refractivity contribution in [3.05, 3.63) is 96.1 Å². The molecule has 1 amide bonds. The molecule has 1 N–H and O–H groups in total. The minimum absolute atomic E-state index is 0.270. The molecule has 0 aliphatic rings. The van der Waals surface area contributed by atoms with E-state index in [1.165, 1.54) is 0 Å². The maximum absolute atomic E-state index is 12.0. The van der Waals surface area contributed by atoms with Gasteiger partial charge in [-0.1, -0.05) is 48.5 Å². The van der Waals surface area contributed by atoms with Crippen LogP contribution in [0.15, 0.2) is 90.0 Å². The van der Waals surface area contributed by atoms with Gasteiger partial charge < -0.3 is 4.74 Å². The predicted octanol–water partition coefficient (Wildman–Crippen LogP) is 4.24. The summed E-state index contributed by atoms with van der Waals surface area (Å²) in [4.78, 5) is 12.0. The van der Waals surface area contributed by atoms with E-state index < -0.39 is 0 Å². The van der Waals surface area contributed by atoms with E-state index in [1.54, 1.807) is 30.5 Å². The molecule has 3 aromatic rings. The maximum atomic E-state index is 12.0. The van der Waals surface area contributed by atoms with Crippen molar-refractivity contribution in [1.82, 2.24) is 5.43 Å². The van der Waals surface area contributed by atoms with Gasteiger partial charge >= 0.3 is 0 Å². The van der Waals surface area contributed by atoms with E-state index in [2.05, 4.69) is 10.5 Å². The van der Waals surface area contributed by atoms with Gasteiger partial charge in [0.05, 0.1) is 6.21 Å². The van der Waals surface area contributed by atoms with Gasteiger partial charge in [-0.05, 0) is 42.0 Å². The molecular formula is C20H16N2O2. The Morgan fingerprint density at radius 1 is 0.792 bits per heavy atom. The normalized spacial score (nSPS) is 10.5. The Labute approximate surface area is 140 Å². The molecule has 0 aliphatic carbocycles. The summed E-state index contributed by atoms with van der Waals surface area (Å²) in [6.45, 7) is 0. The summed E-state index contributed by atoms with van der Waals surface area (Å²) < 4.78 is 5.69. The van der Waals surface area contributed by atoms with Crippen LogP contribution in [-0.2, 0) is 0 Å². The number of hydrazone groups is 1. The quantitative estimate of drug-likeness (QED) is 0.565. The van der Waals surface area contributed by atoms with Gasteiger partial charge in [0.15, 0.2) is 0 Å². The summed E-state index contributed by atoms with van der Waals surface area (Å²) in [5, 5.41) is 3.95. The van der Waals surface area contributed by atoms with Crippen molar-refractivity contribution < 1.29 is 9.53 Å². The Bertz CT molecular complexity index is 813. The summed E-state index contributed by atoms with van der Waals surface area (Å²) in [6, 6.07) is 26.0. The van der Waals surface area contributed by atoms with Crippen molar-refractivity contribution >= 4 is 12.1 Å². The molecule has 24 heavy (non-hydrogen) atoms. The molecule has 0 aromatic heterocycles. The number of hydrogen-bond donors (Lipinski definition) is 1. The van der Waals surface area contributed by atoms with E-state index >= 15 is 0 Å². The average Bonchev–Trinajstić information content (AvgIpc) is 2.64. The van der Waals surface area contributed by atoms with Crippen LogP contribution in [0, 0.1) is 0 Å².